The van der Waals surface area contributed by atoms with E-state index in [4.69, 9.17) is 25.4 Å². The predicted molar refractivity (Wildman–Crippen MR) is 32.1 cm³/mol. The SMILES string of the molecule is O.O=NO.O=[N+]([O-])O.[AlH3].[H-].[H-].[Na+].[Na+]. The second kappa shape index (κ2) is 43.6. The normalized spacial score (nSPS) is 3.27. The Morgan fingerprint density at radius 1 is 1.45 bits per heavy atom. The van der Waals surface area contributed by atoms with Gasteiger partial charge in [0.2, 0.25) is 0 Å². The number of hydrogen-bond acceptors (Lipinski definition) is 4. The van der Waals surface area contributed by atoms with Crippen molar-refractivity contribution in [2.75, 3.05) is 0 Å². The van der Waals surface area contributed by atoms with Crippen molar-refractivity contribution in [2.45, 2.75) is 0 Å². The average Bonchev–Trinajstić information content (AvgIpc) is 1.33. The van der Waals surface area contributed by atoms with Crippen molar-refractivity contribution in [1.29, 1.82) is 0 Å². The van der Waals surface area contributed by atoms with Gasteiger partial charge in [0.25, 0.3) is 5.09 Å². The van der Waals surface area contributed by atoms with Crippen molar-refractivity contribution >= 4 is 17.4 Å². The molecule has 0 heterocycles. The largest absolute Gasteiger partial charge is 1.00 e. The van der Waals surface area contributed by atoms with Gasteiger partial charge < -0.3 is 18.7 Å². The molecular weight excluding hydrogens is 197 g/mol. The fourth-order valence-corrected chi connectivity index (χ4v) is 0. The zero-order valence-electron chi connectivity index (χ0n) is 7.51. The molecule has 11 heavy (non-hydrogen) atoms. The number of nitrogens with zero attached hydrogens (tertiary/aromatic N) is 2. The quantitative estimate of drug-likeness (QED) is 0.175. The molecule has 0 aromatic carbocycles. The van der Waals surface area contributed by atoms with Crippen LogP contribution in [0, 0.1) is 15.0 Å². The van der Waals surface area contributed by atoms with Gasteiger partial charge in [-0.2, -0.15) is 0 Å². The van der Waals surface area contributed by atoms with Gasteiger partial charge in [-0.1, -0.05) is 0 Å². The maximum Gasteiger partial charge on any atom is 1.00 e. The topological polar surface area (TPSA) is 145 Å². The van der Waals surface area contributed by atoms with E-state index in [1.165, 1.54) is 5.34 Å². The van der Waals surface area contributed by atoms with Gasteiger partial charge in [0.15, 0.2) is 22.7 Å². The van der Waals surface area contributed by atoms with Crippen LogP contribution in [-0.2, 0) is 0 Å². The van der Waals surface area contributed by atoms with E-state index in [1.807, 2.05) is 0 Å². The zero-order valence-corrected chi connectivity index (χ0v) is 9.51. The minimum atomic E-state index is -1.50. The van der Waals surface area contributed by atoms with Crippen LogP contribution in [0.15, 0.2) is 5.34 Å². The van der Waals surface area contributed by atoms with E-state index >= 15 is 0 Å². The molecule has 60 valence electrons. The Hall–Kier alpha value is 1.09. The summed E-state index contributed by atoms with van der Waals surface area (Å²) in [7, 11) is 0. The molecule has 0 aliphatic rings. The summed E-state index contributed by atoms with van der Waals surface area (Å²) in [5, 5.41) is 21.5. The molecule has 8 nitrogen and oxygen atoms in total. The summed E-state index contributed by atoms with van der Waals surface area (Å²) in [4.78, 5) is 16.5. The minimum absolute atomic E-state index is 0. The molecule has 0 fully saturated rings. The van der Waals surface area contributed by atoms with Crippen molar-refractivity contribution in [3.8, 4) is 0 Å². The van der Waals surface area contributed by atoms with Crippen LogP contribution in [0.2, 0.25) is 0 Å². The van der Waals surface area contributed by atoms with Gasteiger partial charge in [0.1, 0.15) is 0 Å². The first-order chi connectivity index (χ1) is 3.15. The van der Waals surface area contributed by atoms with Gasteiger partial charge >= 0.3 is 59.1 Å². The van der Waals surface area contributed by atoms with Crippen LogP contribution in [0.1, 0.15) is 2.85 Å². The molecule has 0 unspecified atom stereocenters. The Morgan fingerprint density at radius 3 is 1.45 bits per heavy atom. The molecule has 0 aliphatic heterocycles. The Kier molecular flexibility index (Phi) is 159. The second-order valence-electron chi connectivity index (χ2n) is 0.319. The molecule has 0 bridgehead atoms. The minimum Gasteiger partial charge on any atom is -1.00 e. The molecule has 0 amide bonds. The molecule has 11 heteroatoms. The molecule has 0 rings (SSSR count). The van der Waals surface area contributed by atoms with Crippen molar-refractivity contribution in [3.63, 3.8) is 0 Å². The van der Waals surface area contributed by atoms with Crippen LogP contribution in [0.3, 0.4) is 0 Å². The molecule has 0 aromatic rings. The van der Waals surface area contributed by atoms with Gasteiger partial charge in [-0.05, 0) is 0 Å². The maximum atomic E-state index is 8.36. The standard InChI is InChI=1S/Al.HNO3.HNO2.2Na.H2O.5H/c;2-1(3)4;2-1-3;;;;;;;;/h;(H,2,3,4);(H,2,3);;;1H2;;;;;/q;;;2*+1;;;;;2*-1. The molecule has 0 aromatic heterocycles. The maximum absolute atomic E-state index is 8.36. The van der Waals surface area contributed by atoms with Crippen LogP contribution in [0.5, 0.6) is 0 Å². The summed E-state index contributed by atoms with van der Waals surface area (Å²) in [6.45, 7) is 0. The van der Waals surface area contributed by atoms with Crippen molar-refractivity contribution < 1.29 is 82.9 Å². The van der Waals surface area contributed by atoms with Crippen LogP contribution < -0.4 is 59.1 Å². The van der Waals surface area contributed by atoms with E-state index in [0.29, 0.717) is 0 Å². The van der Waals surface area contributed by atoms with Crippen LogP contribution >= 0.6 is 0 Å². The molecule has 0 spiro atoms. The summed E-state index contributed by atoms with van der Waals surface area (Å²) in [5.74, 6) is 0. The molecule has 4 N–H and O–H groups in total. The number of rotatable bonds is 0. The monoisotopic (exact) mass is 206 g/mol. The Bertz CT molecular complexity index is 73.7. The van der Waals surface area contributed by atoms with E-state index < -0.39 is 5.09 Å². The van der Waals surface area contributed by atoms with E-state index in [2.05, 4.69) is 0 Å². The average molecular weight is 206 g/mol. The third-order valence-corrected chi connectivity index (χ3v) is 0. The third-order valence-electron chi connectivity index (χ3n) is 0. The molecule has 0 radical (unpaired) electrons. The zero-order chi connectivity index (χ0) is 6.28. The molecule has 0 aliphatic carbocycles. The van der Waals surface area contributed by atoms with E-state index in [9.17, 15) is 0 Å². The van der Waals surface area contributed by atoms with Crippen LogP contribution in [0.25, 0.3) is 0 Å². The summed E-state index contributed by atoms with van der Waals surface area (Å²) < 4.78 is 0. The fourth-order valence-electron chi connectivity index (χ4n) is 0. The first-order valence-corrected chi connectivity index (χ1v) is 0.948. The van der Waals surface area contributed by atoms with E-state index in [0.717, 1.165) is 0 Å². The Balaban J connectivity index is -0.00000000444. The first-order valence-electron chi connectivity index (χ1n) is 0.948. The van der Waals surface area contributed by atoms with E-state index in [-0.39, 0.29) is 84.8 Å². The molecule has 0 atom stereocenters. The van der Waals surface area contributed by atoms with Crippen LogP contribution in [-0.4, -0.2) is 38.3 Å². The Labute approximate surface area is 119 Å². The second-order valence-corrected chi connectivity index (χ2v) is 0.319. The van der Waals surface area contributed by atoms with Gasteiger partial charge in [-0.3, -0.25) is 0 Å². The van der Waals surface area contributed by atoms with E-state index in [1.54, 1.807) is 0 Å². The Morgan fingerprint density at radius 2 is 1.45 bits per heavy atom. The van der Waals surface area contributed by atoms with Gasteiger partial charge in [0.05, 0.1) is 0 Å². The summed E-state index contributed by atoms with van der Waals surface area (Å²) in [6, 6.07) is 0. The van der Waals surface area contributed by atoms with Gasteiger partial charge in [-0.15, -0.1) is 15.0 Å². The summed E-state index contributed by atoms with van der Waals surface area (Å²) in [6.07, 6.45) is 0. The number of hydrogen-bond donors (Lipinski definition) is 2. The molecule has 0 saturated carbocycles. The first kappa shape index (κ1) is 40.1. The molecular formula is H9AlN2Na2O6. The summed E-state index contributed by atoms with van der Waals surface area (Å²) >= 11 is 0. The van der Waals surface area contributed by atoms with Gasteiger partial charge in [0, 0.05) is 0 Å². The predicted octanol–water partition coefficient (Wildman–Crippen LogP) is -7.98. The van der Waals surface area contributed by atoms with Crippen molar-refractivity contribution in [2.24, 2.45) is 5.34 Å². The van der Waals surface area contributed by atoms with Crippen molar-refractivity contribution in [1.82, 2.24) is 0 Å². The van der Waals surface area contributed by atoms with Crippen molar-refractivity contribution in [3.05, 3.63) is 15.0 Å². The third kappa shape index (κ3) is 768. The van der Waals surface area contributed by atoms with Crippen LogP contribution in [0.4, 0.5) is 0 Å². The summed E-state index contributed by atoms with van der Waals surface area (Å²) in [5.41, 5.74) is 0. The van der Waals surface area contributed by atoms with Gasteiger partial charge in [-0.25, -0.2) is 0 Å². The molecule has 0 saturated heterocycles. The fraction of sp³-hybridized carbons (Fsp3) is 0. The smallest absolute Gasteiger partial charge is 1.00 e.